The molecule has 1 aliphatic heterocycles. The SMILES string of the molecule is COc1cc(C2C(C#N)=C(N)Oc3n[nH]c(C)c32)ccc1OCC(=O)Nc1ccc(C)c(C)c1. The Balaban J connectivity index is 1.55. The van der Waals surface area contributed by atoms with Crippen molar-refractivity contribution in [3.63, 3.8) is 0 Å². The van der Waals surface area contributed by atoms with Crippen LogP contribution in [0.1, 0.15) is 33.9 Å². The van der Waals surface area contributed by atoms with Gasteiger partial charge in [-0.1, -0.05) is 12.1 Å². The van der Waals surface area contributed by atoms with E-state index < -0.39 is 5.92 Å². The van der Waals surface area contributed by atoms with Gasteiger partial charge in [-0.2, -0.15) is 5.26 Å². The lowest BCUT2D eigenvalue weighted by molar-refractivity contribution is -0.118. The molecule has 1 aliphatic rings. The predicted molar refractivity (Wildman–Crippen MR) is 126 cm³/mol. The normalized spacial score (nSPS) is 14.6. The van der Waals surface area contributed by atoms with Crippen LogP contribution in [0.3, 0.4) is 0 Å². The first-order valence-electron chi connectivity index (χ1n) is 10.6. The van der Waals surface area contributed by atoms with Gasteiger partial charge in [0.1, 0.15) is 11.6 Å². The lowest BCUT2D eigenvalue weighted by Crippen LogP contribution is -2.21. The van der Waals surface area contributed by atoms with E-state index in [4.69, 9.17) is 19.9 Å². The number of benzene rings is 2. The number of carbonyl (C=O) groups is 1. The summed E-state index contributed by atoms with van der Waals surface area (Å²) in [5, 5.41) is 19.6. The molecule has 0 saturated heterocycles. The summed E-state index contributed by atoms with van der Waals surface area (Å²) in [7, 11) is 1.51. The number of methoxy groups -OCH3 is 1. The summed E-state index contributed by atoms with van der Waals surface area (Å²) in [6.45, 7) is 5.66. The number of rotatable bonds is 6. The molecule has 1 aromatic heterocycles. The Kier molecular flexibility index (Phi) is 6.15. The average molecular weight is 460 g/mol. The molecule has 4 rings (SSSR count). The maximum atomic E-state index is 12.4. The van der Waals surface area contributed by atoms with E-state index in [1.807, 2.05) is 39.0 Å². The van der Waals surface area contributed by atoms with Crippen LogP contribution in [0, 0.1) is 32.1 Å². The van der Waals surface area contributed by atoms with Crippen LogP contribution in [0.25, 0.3) is 0 Å². The number of fused-ring (bicyclic) bond motifs is 1. The topological polar surface area (TPSA) is 135 Å². The quantitative estimate of drug-likeness (QED) is 0.513. The van der Waals surface area contributed by atoms with Crippen molar-refractivity contribution in [1.82, 2.24) is 10.2 Å². The van der Waals surface area contributed by atoms with E-state index >= 15 is 0 Å². The van der Waals surface area contributed by atoms with Crippen molar-refractivity contribution in [2.24, 2.45) is 5.73 Å². The summed E-state index contributed by atoms with van der Waals surface area (Å²) in [6.07, 6.45) is 0. The highest BCUT2D eigenvalue weighted by Gasteiger charge is 2.34. The van der Waals surface area contributed by atoms with Crippen LogP contribution in [0.15, 0.2) is 47.9 Å². The van der Waals surface area contributed by atoms with E-state index in [1.54, 1.807) is 18.2 Å². The number of ether oxygens (including phenoxy) is 3. The summed E-state index contributed by atoms with van der Waals surface area (Å²) in [6, 6.07) is 13.1. The van der Waals surface area contributed by atoms with Gasteiger partial charge in [-0.3, -0.25) is 9.89 Å². The molecule has 0 aliphatic carbocycles. The van der Waals surface area contributed by atoms with E-state index in [2.05, 4.69) is 21.6 Å². The number of allylic oxidation sites excluding steroid dienone is 1. The molecule has 0 fully saturated rings. The fraction of sp³-hybridized carbons (Fsp3) is 0.240. The molecule has 3 aromatic rings. The molecule has 0 radical (unpaired) electrons. The molecule has 9 nitrogen and oxygen atoms in total. The number of amides is 1. The van der Waals surface area contributed by atoms with Gasteiger partial charge in [-0.25, -0.2) is 0 Å². The minimum absolute atomic E-state index is 0.00815. The van der Waals surface area contributed by atoms with Crippen molar-refractivity contribution in [2.45, 2.75) is 26.7 Å². The van der Waals surface area contributed by atoms with Gasteiger partial charge in [0.15, 0.2) is 18.1 Å². The molecule has 1 unspecified atom stereocenters. The summed E-state index contributed by atoms with van der Waals surface area (Å²) in [4.78, 5) is 12.4. The number of anilines is 1. The average Bonchev–Trinajstić information content (AvgIpc) is 3.19. The highest BCUT2D eigenvalue weighted by molar-refractivity contribution is 5.92. The molecule has 4 N–H and O–H groups in total. The minimum atomic E-state index is -0.483. The minimum Gasteiger partial charge on any atom is -0.493 e. The molecule has 34 heavy (non-hydrogen) atoms. The van der Waals surface area contributed by atoms with Crippen LogP contribution in [-0.4, -0.2) is 29.8 Å². The summed E-state index contributed by atoms with van der Waals surface area (Å²) >= 11 is 0. The smallest absolute Gasteiger partial charge is 0.262 e. The van der Waals surface area contributed by atoms with Crippen LogP contribution in [0.5, 0.6) is 17.4 Å². The van der Waals surface area contributed by atoms with E-state index in [-0.39, 0.29) is 24.0 Å². The van der Waals surface area contributed by atoms with E-state index in [1.165, 1.54) is 7.11 Å². The zero-order valence-corrected chi connectivity index (χ0v) is 19.4. The maximum Gasteiger partial charge on any atom is 0.262 e. The number of aryl methyl sites for hydroxylation is 3. The fourth-order valence-electron chi connectivity index (χ4n) is 3.87. The number of aromatic nitrogens is 2. The van der Waals surface area contributed by atoms with E-state index in [0.29, 0.717) is 23.1 Å². The van der Waals surface area contributed by atoms with Gasteiger partial charge in [0.05, 0.1) is 13.0 Å². The molecule has 1 amide bonds. The summed E-state index contributed by atoms with van der Waals surface area (Å²) in [5.74, 6) is 0.383. The number of nitriles is 1. The highest BCUT2D eigenvalue weighted by Crippen LogP contribution is 2.44. The maximum absolute atomic E-state index is 12.4. The Morgan fingerprint density at radius 3 is 2.71 bits per heavy atom. The fourth-order valence-corrected chi connectivity index (χ4v) is 3.87. The number of nitrogens with two attached hydrogens (primary N) is 1. The molecule has 9 heteroatoms. The van der Waals surface area contributed by atoms with Crippen molar-refractivity contribution in [2.75, 3.05) is 19.0 Å². The van der Waals surface area contributed by atoms with Gasteiger partial charge in [0, 0.05) is 16.9 Å². The van der Waals surface area contributed by atoms with Gasteiger partial charge in [-0.05, 0) is 61.7 Å². The zero-order chi connectivity index (χ0) is 24.4. The second kappa shape index (κ2) is 9.19. The van der Waals surface area contributed by atoms with Gasteiger partial charge in [0.25, 0.3) is 5.91 Å². The molecule has 2 heterocycles. The van der Waals surface area contributed by atoms with Gasteiger partial charge in [0.2, 0.25) is 11.8 Å². The van der Waals surface area contributed by atoms with E-state index in [9.17, 15) is 10.1 Å². The first-order chi connectivity index (χ1) is 16.3. The first-order valence-corrected chi connectivity index (χ1v) is 10.6. The Morgan fingerprint density at radius 1 is 1.21 bits per heavy atom. The predicted octanol–water partition coefficient (Wildman–Crippen LogP) is 3.58. The van der Waals surface area contributed by atoms with Crippen molar-refractivity contribution < 1.29 is 19.0 Å². The van der Waals surface area contributed by atoms with Crippen LogP contribution >= 0.6 is 0 Å². The third-order valence-corrected chi connectivity index (χ3v) is 5.80. The Morgan fingerprint density at radius 2 is 2.00 bits per heavy atom. The second-order valence-corrected chi connectivity index (χ2v) is 8.04. The van der Waals surface area contributed by atoms with Gasteiger partial charge < -0.3 is 25.3 Å². The highest BCUT2D eigenvalue weighted by atomic mass is 16.5. The molecular formula is C25H25N5O4. The lowest BCUT2D eigenvalue weighted by Gasteiger charge is -2.24. The van der Waals surface area contributed by atoms with E-state index in [0.717, 1.165) is 27.9 Å². The third-order valence-electron chi connectivity index (χ3n) is 5.80. The van der Waals surface area contributed by atoms with Crippen LogP contribution in [0.4, 0.5) is 5.69 Å². The largest absolute Gasteiger partial charge is 0.493 e. The van der Waals surface area contributed by atoms with Crippen molar-refractivity contribution in [3.8, 4) is 23.4 Å². The van der Waals surface area contributed by atoms with Crippen molar-refractivity contribution in [3.05, 3.63) is 75.8 Å². The molecule has 1 atom stereocenters. The van der Waals surface area contributed by atoms with Gasteiger partial charge >= 0.3 is 0 Å². The third kappa shape index (κ3) is 4.26. The number of hydrogen-bond donors (Lipinski definition) is 3. The number of aromatic amines is 1. The standard InChI is InChI=1S/C25H25N5O4/c1-13-5-7-17(9-14(13)2)28-21(31)12-33-19-8-6-16(10-20(19)32-4)23-18(11-26)24(27)34-25-22(23)15(3)29-30-25/h5-10,23H,12,27H2,1-4H3,(H,28,31)(H,29,30). The van der Waals surface area contributed by atoms with Crippen LogP contribution in [0.2, 0.25) is 0 Å². The van der Waals surface area contributed by atoms with Crippen LogP contribution in [-0.2, 0) is 4.79 Å². The summed E-state index contributed by atoms with van der Waals surface area (Å²) in [5.41, 5.74) is 11.5. The second-order valence-electron chi connectivity index (χ2n) is 8.04. The summed E-state index contributed by atoms with van der Waals surface area (Å²) < 4.78 is 16.7. The number of H-pyrrole nitrogens is 1. The number of nitrogens with one attached hydrogen (secondary N) is 2. The number of carbonyl (C=O) groups excluding carboxylic acids is 1. The monoisotopic (exact) mass is 459 g/mol. The van der Waals surface area contributed by atoms with Crippen LogP contribution < -0.4 is 25.3 Å². The molecule has 174 valence electrons. The lowest BCUT2D eigenvalue weighted by atomic mass is 9.84. The molecule has 0 bridgehead atoms. The molecule has 0 spiro atoms. The Bertz CT molecular complexity index is 1340. The Hall–Kier alpha value is -4.45. The number of nitrogens with zero attached hydrogens (tertiary/aromatic N) is 2. The molecule has 0 saturated carbocycles. The molecular weight excluding hydrogens is 434 g/mol. The Labute approximate surface area is 197 Å². The van der Waals surface area contributed by atoms with Crippen molar-refractivity contribution >= 4 is 11.6 Å². The zero-order valence-electron chi connectivity index (χ0n) is 19.4. The van der Waals surface area contributed by atoms with Gasteiger partial charge in [-0.15, -0.1) is 5.10 Å². The number of hydrogen-bond acceptors (Lipinski definition) is 7. The molecule has 2 aromatic carbocycles. The van der Waals surface area contributed by atoms with Crippen molar-refractivity contribution in [1.29, 1.82) is 5.26 Å². The first kappa shape index (κ1) is 22.7.